The second-order valence-electron chi connectivity index (χ2n) is 5.28. The summed E-state index contributed by atoms with van der Waals surface area (Å²) in [5.41, 5.74) is 0.294. The molecule has 0 bridgehead atoms. The van der Waals surface area contributed by atoms with Gasteiger partial charge < -0.3 is 9.88 Å². The molecule has 4 heteroatoms. The van der Waals surface area contributed by atoms with Gasteiger partial charge in [0, 0.05) is 50.7 Å². The molecular formula is C13H24N4. The van der Waals surface area contributed by atoms with Gasteiger partial charge in [-0.25, -0.2) is 4.98 Å². The van der Waals surface area contributed by atoms with Crippen LogP contribution in [0.5, 0.6) is 0 Å². The SMILES string of the molecule is CCC1(C)CN(CCn2ccnc2C)CCN1. The quantitative estimate of drug-likeness (QED) is 0.854. The Morgan fingerprint density at radius 3 is 2.94 bits per heavy atom. The van der Waals surface area contributed by atoms with Crippen LogP contribution >= 0.6 is 0 Å². The Hall–Kier alpha value is -0.870. The summed E-state index contributed by atoms with van der Waals surface area (Å²) in [5.74, 6) is 1.11. The van der Waals surface area contributed by atoms with Gasteiger partial charge in [-0.1, -0.05) is 6.92 Å². The van der Waals surface area contributed by atoms with Crippen LogP contribution in [0.3, 0.4) is 0 Å². The van der Waals surface area contributed by atoms with Crippen molar-refractivity contribution in [3.63, 3.8) is 0 Å². The smallest absolute Gasteiger partial charge is 0.105 e. The highest BCUT2D eigenvalue weighted by Gasteiger charge is 2.28. The Morgan fingerprint density at radius 1 is 1.47 bits per heavy atom. The topological polar surface area (TPSA) is 33.1 Å². The molecule has 1 unspecified atom stereocenters. The zero-order valence-corrected chi connectivity index (χ0v) is 11.2. The van der Waals surface area contributed by atoms with Crippen LogP contribution < -0.4 is 5.32 Å². The first-order valence-corrected chi connectivity index (χ1v) is 6.58. The lowest BCUT2D eigenvalue weighted by atomic mass is 9.96. The molecule has 1 aliphatic rings. The number of nitrogens with one attached hydrogen (secondary N) is 1. The van der Waals surface area contributed by atoms with Gasteiger partial charge in [0.1, 0.15) is 5.82 Å². The molecular weight excluding hydrogens is 212 g/mol. The van der Waals surface area contributed by atoms with Crippen molar-refractivity contribution >= 4 is 0 Å². The maximum atomic E-state index is 4.26. The summed E-state index contributed by atoms with van der Waals surface area (Å²) in [5, 5.41) is 3.62. The minimum absolute atomic E-state index is 0.294. The van der Waals surface area contributed by atoms with Gasteiger partial charge in [-0.2, -0.15) is 0 Å². The van der Waals surface area contributed by atoms with Crippen LogP contribution in [0.1, 0.15) is 26.1 Å². The number of imidazole rings is 1. The molecule has 1 aliphatic heterocycles. The molecule has 0 amide bonds. The van der Waals surface area contributed by atoms with Gasteiger partial charge in [0.15, 0.2) is 0 Å². The number of aryl methyl sites for hydroxylation is 1. The van der Waals surface area contributed by atoms with Crippen LogP contribution in [0.15, 0.2) is 12.4 Å². The average molecular weight is 236 g/mol. The van der Waals surface area contributed by atoms with E-state index in [0.717, 1.165) is 38.5 Å². The lowest BCUT2D eigenvalue weighted by molar-refractivity contribution is 0.136. The lowest BCUT2D eigenvalue weighted by Gasteiger charge is -2.41. The molecule has 0 saturated carbocycles. The van der Waals surface area contributed by atoms with Crippen LogP contribution in [-0.4, -0.2) is 46.2 Å². The van der Waals surface area contributed by atoms with Gasteiger partial charge in [0.2, 0.25) is 0 Å². The highest BCUT2D eigenvalue weighted by molar-refractivity contribution is 4.91. The largest absolute Gasteiger partial charge is 0.334 e. The van der Waals surface area contributed by atoms with Crippen LogP contribution in [0, 0.1) is 6.92 Å². The average Bonchev–Trinajstić information content (AvgIpc) is 2.73. The standard InChI is InChI=1S/C13H24N4/c1-4-13(3)11-16(7-6-15-13)9-10-17-8-5-14-12(17)2/h5,8,15H,4,6-7,9-11H2,1-3H3. The fourth-order valence-corrected chi connectivity index (χ4v) is 2.46. The van der Waals surface area contributed by atoms with Crippen LogP contribution in [0.4, 0.5) is 0 Å². The number of rotatable bonds is 4. The molecule has 1 aromatic heterocycles. The maximum absolute atomic E-state index is 4.26. The van der Waals surface area contributed by atoms with E-state index in [4.69, 9.17) is 0 Å². The third-order valence-electron chi connectivity index (χ3n) is 3.91. The third-order valence-corrected chi connectivity index (χ3v) is 3.91. The predicted molar refractivity (Wildman–Crippen MR) is 70.1 cm³/mol. The van der Waals surface area contributed by atoms with E-state index >= 15 is 0 Å². The van der Waals surface area contributed by atoms with E-state index in [9.17, 15) is 0 Å². The van der Waals surface area contributed by atoms with Crippen molar-refractivity contribution in [2.45, 2.75) is 39.3 Å². The number of hydrogen-bond acceptors (Lipinski definition) is 3. The molecule has 1 N–H and O–H groups in total. The third kappa shape index (κ3) is 3.07. The summed E-state index contributed by atoms with van der Waals surface area (Å²) in [6, 6.07) is 0. The van der Waals surface area contributed by atoms with E-state index in [-0.39, 0.29) is 0 Å². The van der Waals surface area contributed by atoms with Crippen molar-refractivity contribution in [2.75, 3.05) is 26.2 Å². The minimum Gasteiger partial charge on any atom is -0.334 e. The number of aromatic nitrogens is 2. The van der Waals surface area contributed by atoms with E-state index in [1.807, 2.05) is 6.20 Å². The molecule has 2 heterocycles. The molecule has 1 atom stereocenters. The molecule has 0 aromatic carbocycles. The fourth-order valence-electron chi connectivity index (χ4n) is 2.46. The Labute approximate surface area is 104 Å². The van der Waals surface area contributed by atoms with Gasteiger partial charge in [0.25, 0.3) is 0 Å². The van der Waals surface area contributed by atoms with E-state index < -0.39 is 0 Å². The highest BCUT2D eigenvalue weighted by Crippen LogP contribution is 2.14. The molecule has 0 radical (unpaired) electrons. The summed E-state index contributed by atoms with van der Waals surface area (Å²) in [6.07, 6.45) is 5.13. The van der Waals surface area contributed by atoms with Crippen molar-refractivity contribution in [3.8, 4) is 0 Å². The van der Waals surface area contributed by atoms with Crippen LogP contribution in [0.25, 0.3) is 0 Å². The first-order chi connectivity index (χ1) is 8.13. The lowest BCUT2D eigenvalue weighted by Crippen LogP contribution is -2.58. The molecule has 1 fully saturated rings. The first kappa shape index (κ1) is 12.6. The second kappa shape index (κ2) is 5.19. The zero-order valence-electron chi connectivity index (χ0n) is 11.2. The Bertz CT molecular complexity index is 360. The Balaban J connectivity index is 1.85. The van der Waals surface area contributed by atoms with Crippen LogP contribution in [0.2, 0.25) is 0 Å². The number of hydrogen-bond donors (Lipinski definition) is 1. The first-order valence-electron chi connectivity index (χ1n) is 6.58. The zero-order chi connectivity index (χ0) is 12.3. The normalized spacial score (nSPS) is 26.3. The van der Waals surface area contributed by atoms with Gasteiger partial charge in [-0.05, 0) is 20.3 Å². The Morgan fingerprint density at radius 2 is 2.29 bits per heavy atom. The molecule has 0 aliphatic carbocycles. The van der Waals surface area contributed by atoms with Crippen LogP contribution in [-0.2, 0) is 6.54 Å². The van der Waals surface area contributed by atoms with Crippen molar-refractivity contribution in [3.05, 3.63) is 18.2 Å². The number of nitrogens with zero attached hydrogens (tertiary/aromatic N) is 3. The van der Waals surface area contributed by atoms with Crippen molar-refractivity contribution in [1.29, 1.82) is 0 Å². The van der Waals surface area contributed by atoms with Crippen molar-refractivity contribution in [1.82, 2.24) is 19.8 Å². The van der Waals surface area contributed by atoms with E-state index in [0.29, 0.717) is 5.54 Å². The van der Waals surface area contributed by atoms with Crippen molar-refractivity contribution in [2.24, 2.45) is 0 Å². The summed E-state index contributed by atoms with van der Waals surface area (Å²) in [7, 11) is 0. The number of piperazine rings is 1. The monoisotopic (exact) mass is 236 g/mol. The molecule has 1 saturated heterocycles. The Kier molecular flexibility index (Phi) is 3.84. The van der Waals surface area contributed by atoms with Crippen molar-refractivity contribution < 1.29 is 0 Å². The summed E-state index contributed by atoms with van der Waals surface area (Å²) < 4.78 is 2.23. The predicted octanol–water partition coefficient (Wildman–Crippen LogP) is 1.27. The van der Waals surface area contributed by atoms with Gasteiger partial charge in [-0.15, -0.1) is 0 Å². The fraction of sp³-hybridized carbons (Fsp3) is 0.769. The second-order valence-corrected chi connectivity index (χ2v) is 5.28. The van der Waals surface area contributed by atoms with Gasteiger partial charge in [0.05, 0.1) is 0 Å². The summed E-state index contributed by atoms with van der Waals surface area (Å²) in [4.78, 5) is 6.81. The summed E-state index contributed by atoms with van der Waals surface area (Å²) >= 11 is 0. The highest BCUT2D eigenvalue weighted by atomic mass is 15.2. The molecule has 1 aromatic rings. The molecule has 2 rings (SSSR count). The van der Waals surface area contributed by atoms with E-state index in [2.05, 4.69) is 46.7 Å². The molecule has 96 valence electrons. The minimum atomic E-state index is 0.294. The molecule has 17 heavy (non-hydrogen) atoms. The maximum Gasteiger partial charge on any atom is 0.105 e. The van der Waals surface area contributed by atoms with Gasteiger partial charge >= 0.3 is 0 Å². The molecule has 4 nitrogen and oxygen atoms in total. The van der Waals surface area contributed by atoms with Gasteiger partial charge in [-0.3, -0.25) is 4.90 Å². The van der Waals surface area contributed by atoms with E-state index in [1.54, 1.807) is 0 Å². The van der Waals surface area contributed by atoms with E-state index in [1.165, 1.54) is 6.42 Å². The molecule has 0 spiro atoms. The summed E-state index contributed by atoms with van der Waals surface area (Å²) in [6.45, 7) is 12.2.